The first-order chi connectivity index (χ1) is 12.7. The van der Waals surface area contributed by atoms with E-state index < -0.39 is 0 Å². The normalized spacial score (nSPS) is 31.7. The second-order valence-electron chi connectivity index (χ2n) is 8.83. The van der Waals surface area contributed by atoms with Gasteiger partial charge in [-0.1, -0.05) is 31.9 Å². The van der Waals surface area contributed by atoms with Crippen molar-refractivity contribution in [1.29, 1.82) is 0 Å². The van der Waals surface area contributed by atoms with Gasteiger partial charge in [0.15, 0.2) is 0 Å². The van der Waals surface area contributed by atoms with Crippen LogP contribution in [0.1, 0.15) is 76.8 Å². The zero-order valence-corrected chi connectivity index (χ0v) is 16.5. The summed E-state index contributed by atoms with van der Waals surface area (Å²) in [6.07, 6.45) is 12.6. The van der Waals surface area contributed by atoms with Gasteiger partial charge < -0.3 is 10.6 Å². The van der Waals surface area contributed by atoms with E-state index in [4.69, 9.17) is 0 Å². The first-order valence-electron chi connectivity index (χ1n) is 10.8. The summed E-state index contributed by atoms with van der Waals surface area (Å²) in [6, 6.07) is 7.57. The molecule has 2 aliphatic heterocycles. The fourth-order valence-electron chi connectivity index (χ4n) is 5.41. The Morgan fingerprint density at radius 2 is 1.92 bits per heavy atom. The van der Waals surface area contributed by atoms with E-state index in [0.717, 1.165) is 17.9 Å². The molecule has 1 aromatic rings. The summed E-state index contributed by atoms with van der Waals surface area (Å²) in [5, 5.41) is 7.75. The lowest BCUT2D eigenvalue weighted by molar-refractivity contribution is 0.207. The first kappa shape index (κ1) is 18.0. The van der Waals surface area contributed by atoms with Gasteiger partial charge in [-0.15, -0.1) is 0 Å². The van der Waals surface area contributed by atoms with Gasteiger partial charge in [0.25, 0.3) is 0 Å². The van der Waals surface area contributed by atoms with Gasteiger partial charge in [0, 0.05) is 35.6 Å². The van der Waals surface area contributed by atoms with Gasteiger partial charge in [0.2, 0.25) is 0 Å². The molecule has 5 atom stereocenters. The van der Waals surface area contributed by atoms with Crippen molar-refractivity contribution in [3.63, 3.8) is 0 Å². The molecule has 1 saturated heterocycles. The average Bonchev–Trinajstić information content (AvgIpc) is 2.73. The molecule has 142 valence electrons. The van der Waals surface area contributed by atoms with Crippen molar-refractivity contribution >= 4 is 0 Å². The van der Waals surface area contributed by atoms with E-state index in [1.807, 2.05) is 12.3 Å². The van der Waals surface area contributed by atoms with Crippen LogP contribution in [-0.2, 0) is 0 Å². The van der Waals surface area contributed by atoms with Gasteiger partial charge in [0.1, 0.15) is 0 Å². The van der Waals surface area contributed by atoms with Gasteiger partial charge in [-0.3, -0.25) is 4.98 Å². The predicted molar refractivity (Wildman–Crippen MR) is 108 cm³/mol. The lowest BCUT2D eigenvalue weighted by Crippen LogP contribution is -2.44. The maximum absolute atomic E-state index is 4.60. The maximum Gasteiger partial charge on any atom is 0.0452 e. The van der Waals surface area contributed by atoms with Crippen LogP contribution in [0.2, 0.25) is 0 Å². The van der Waals surface area contributed by atoms with Crippen molar-refractivity contribution in [2.75, 3.05) is 6.54 Å². The van der Waals surface area contributed by atoms with Gasteiger partial charge in [-0.05, 0) is 75.5 Å². The molecule has 1 aromatic heterocycles. The van der Waals surface area contributed by atoms with Crippen molar-refractivity contribution in [3.8, 4) is 0 Å². The van der Waals surface area contributed by atoms with E-state index >= 15 is 0 Å². The fraction of sp³-hybridized carbons (Fsp3) is 0.696. The average molecular weight is 354 g/mol. The molecule has 3 heteroatoms. The smallest absolute Gasteiger partial charge is 0.0452 e. The second kappa shape index (κ2) is 8.12. The van der Waals surface area contributed by atoms with Gasteiger partial charge in [0.05, 0.1) is 0 Å². The Labute approximate surface area is 159 Å². The van der Waals surface area contributed by atoms with Crippen LogP contribution >= 0.6 is 0 Å². The van der Waals surface area contributed by atoms with Crippen LogP contribution in [0.25, 0.3) is 0 Å². The number of aromatic nitrogens is 1. The molecule has 1 fully saturated rings. The Morgan fingerprint density at radius 3 is 2.69 bits per heavy atom. The Morgan fingerprint density at radius 1 is 1.04 bits per heavy atom. The molecular weight excluding hydrogens is 318 g/mol. The standard InChI is InChI=1S/C23H35N3/c1-16(20-7-3-5-13-24-20)19-10-9-18-11-12-22(26-23(18)15-19)17(2)21-8-4-6-14-25-21/h4,6,8,14,16-17,19-20,22,24,26H,3,5,7,9-13,15H2,1-2H3. The molecule has 0 radical (unpaired) electrons. The Balaban J connectivity index is 1.40. The Hall–Kier alpha value is -1.35. The van der Waals surface area contributed by atoms with Gasteiger partial charge in [-0.2, -0.15) is 0 Å². The van der Waals surface area contributed by atoms with E-state index in [0.29, 0.717) is 12.0 Å². The van der Waals surface area contributed by atoms with Crippen LogP contribution in [0.5, 0.6) is 0 Å². The van der Waals surface area contributed by atoms with Crippen molar-refractivity contribution in [2.45, 2.75) is 83.2 Å². The quantitative estimate of drug-likeness (QED) is 0.819. The molecule has 3 aliphatic rings. The topological polar surface area (TPSA) is 37.0 Å². The molecule has 4 rings (SSSR count). The summed E-state index contributed by atoms with van der Waals surface area (Å²) >= 11 is 0. The molecule has 3 nitrogen and oxygen atoms in total. The van der Waals surface area contributed by atoms with Gasteiger partial charge >= 0.3 is 0 Å². The number of hydrogen-bond acceptors (Lipinski definition) is 3. The molecule has 0 saturated carbocycles. The molecule has 0 bridgehead atoms. The van der Waals surface area contributed by atoms with Crippen LogP contribution < -0.4 is 10.6 Å². The van der Waals surface area contributed by atoms with Gasteiger partial charge in [-0.25, -0.2) is 0 Å². The minimum absolute atomic E-state index is 0.475. The van der Waals surface area contributed by atoms with E-state index in [-0.39, 0.29) is 0 Å². The van der Waals surface area contributed by atoms with Crippen molar-refractivity contribution in [3.05, 3.63) is 41.4 Å². The third-order valence-corrected chi connectivity index (χ3v) is 7.31. The number of piperidine rings is 1. The third kappa shape index (κ3) is 3.83. The van der Waals surface area contributed by atoms with E-state index in [2.05, 4.69) is 41.6 Å². The first-order valence-corrected chi connectivity index (χ1v) is 10.8. The summed E-state index contributed by atoms with van der Waals surface area (Å²) in [5.74, 6) is 2.10. The van der Waals surface area contributed by atoms with E-state index in [1.165, 1.54) is 63.6 Å². The van der Waals surface area contributed by atoms with Crippen molar-refractivity contribution in [2.24, 2.45) is 11.8 Å². The maximum atomic E-state index is 4.60. The summed E-state index contributed by atoms with van der Waals surface area (Å²) in [5.41, 5.74) is 4.53. The number of nitrogens with zero attached hydrogens (tertiary/aromatic N) is 1. The van der Waals surface area contributed by atoms with Crippen LogP contribution in [0.3, 0.4) is 0 Å². The Bertz CT molecular complexity index is 618. The third-order valence-electron chi connectivity index (χ3n) is 7.31. The highest BCUT2D eigenvalue weighted by Crippen LogP contribution is 2.40. The molecule has 3 heterocycles. The minimum Gasteiger partial charge on any atom is -0.385 e. The molecule has 1 aliphatic carbocycles. The molecule has 2 N–H and O–H groups in total. The van der Waals surface area contributed by atoms with Crippen molar-refractivity contribution < 1.29 is 0 Å². The molecule has 0 amide bonds. The summed E-state index contributed by atoms with van der Waals surface area (Å²) in [4.78, 5) is 4.60. The lowest BCUT2D eigenvalue weighted by Gasteiger charge is -2.41. The highest BCUT2D eigenvalue weighted by Gasteiger charge is 2.34. The monoisotopic (exact) mass is 353 g/mol. The molecular formula is C23H35N3. The van der Waals surface area contributed by atoms with Crippen LogP contribution in [0.4, 0.5) is 0 Å². The molecule has 0 aromatic carbocycles. The zero-order valence-electron chi connectivity index (χ0n) is 16.5. The zero-order chi connectivity index (χ0) is 17.9. The lowest BCUT2D eigenvalue weighted by atomic mass is 9.73. The fourth-order valence-corrected chi connectivity index (χ4v) is 5.41. The van der Waals surface area contributed by atoms with E-state index in [1.54, 1.807) is 11.3 Å². The largest absolute Gasteiger partial charge is 0.385 e. The number of pyridine rings is 1. The summed E-state index contributed by atoms with van der Waals surface area (Å²) < 4.78 is 0. The number of rotatable bonds is 4. The summed E-state index contributed by atoms with van der Waals surface area (Å²) in [7, 11) is 0. The highest BCUT2D eigenvalue weighted by atomic mass is 15.0. The number of hydrogen-bond donors (Lipinski definition) is 2. The van der Waals surface area contributed by atoms with Crippen LogP contribution in [0, 0.1) is 11.8 Å². The predicted octanol–water partition coefficient (Wildman–Crippen LogP) is 4.77. The SMILES string of the molecule is CC(c1ccccn1)C1CCC2=C(CC(C(C)C3CCCCN3)CC2)N1. The Kier molecular flexibility index (Phi) is 5.63. The molecule has 26 heavy (non-hydrogen) atoms. The minimum atomic E-state index is 0.475. The van der Waals surface area contributed by atoms with Crippen LogP contribution in [-0.4, -0.2) is 23.6 Å². The molecule has 0 spiro atoms. The molecule has 5 unspecified atom stereocenters. The number of allylic oxidation sites excluding steroid dienone is 2. The summed E-state index contributed by atoms with van der Waals surface area (Å²) in [6.45, 7) is 6.05. The highest BCUT2D eigenvalue weighted by molar-refractivity contribution is 5.23. The number of nitrogens with one attached hydrogen (secondary N) is 2. The van der Waals surface area contributed by atoms with Crippen molar-refractivity contribution in [1.82, 2.24) is 15.6 Å². The van der Waals surface area contributed by atoms with Crippen LogP contribution in [0.15, 0.2) is 35.7 Å². The van der Waals surface area contributed by atoms with E-state index in [9.17, 15) is 0 Å². The second-order valence-corrected chi connectivity index (χ2v) is 8.83.